The molecule has 1 fully saturated rings. The SMILES string of the molecule is C/C=C(\C=C/Cc1ccccc1)C1CC(c2ccccc2)NC(I)N1. The zero-order chi connectivity index (χ0) is 17.5. The summed E-state index contributed by atoms with van der Waals surface area (Å²) in [5.41, 5.74) is 4.07. The average molecular weight is 444 g/mol. The van der Waals surface area contributed by atoms with E-state index in [0.29, 0.717) is 12.1 Å². The van der Waals surface area contributed by atoms with Gasteiger partial charge in [-0.05, 0) is 59.1 Å². The van der Waals surface area contributed by atoms with Crippen LogP contribution < -0.4 is 10.6 Å². The molecule has 25 heavy (non-hydrogen) atoms. The van der Waals surface area contributed by atoms with E-state index in [2.05, 4.69) is 119 Å². The van der Waals surface area contributed by atoms with Gasteiger partial charge in [0.05, 0.1) is 0 Å². The summed E-state index contributed by atoms with van der Waals surface area (Å²) in [5.74, 6) is 0. The summed E-state index contributed by atoms with van der Waals surface area (Å²) in [7, 11) is 0. The Hall–Kier alpha value is -1.43. The van der Waals surface area contributed by atoms with Crippen molar-refractivity contribution in [3.63, 3.8) is 0 Å². The molecule has 3 rings (SSSR count). The van der Waals surface area contributed by atoms with Crippen molar-refractivity contribution in [2.24, 2.45) is 0 Å². The fraction of sp³-hybridized carbons (Fsp3) is 0.273. The molecule has 3 atom stereocenters. The van der Waals surface area contributed by atoms with Gasteiger partial charge >= 0.3 is 0 Å². The van der Waals surface area contributed by atoms with Crippen LogP contribution in [0.5, 0.6) is 0 Å². The Balaban J connectivity index is 1.67. The minimum atomic E-state index is 0.263. The number of rotatable bonds is 5. The molecule has 1 heterocycles. The second kappa shape index (κ2) is 9.32. The molecule has 0 radical (unpaired) electrons. The molecule has 3 unspecified atom stereocenters. The van der Waals surface area contributed by atoms with Crippen LogP contribution in [0.1, 0.15) is 30.5 Å². The molecule has 2 N–H and O–H groups in total. The first-order valence-corrected chi connectivity index (χ1v) is 10.1. The lowest BCUT2D eigenvalue weighted by molar-refractivity contribution is 0.336. The molecule has 1 saturated heterocycles. The van der Waals surface area contributed by atoms with Crippen LogP contribution >= 0.6 is 22.6 Å². The smallest absolute Gasteiger partial charge is 0.112 e. The van der Waals surface area contributed by atoms with Gasteiger partial charge in [0.2, 0.25) is 0 Å². The fourth-order valence-electron chi connectivity index (χ4n) is 3.28. The first kappa shape index (κ1) is 18.4. The van der Waals surface area contributed by atoms with Gasteiger partial charge < -0.3 is 0 Å². The van der Waals surface area contributed by atoms with E-state index in [1.165, 1.54) is 16.7 Å². The number of benzene rings is 2. The minimum absolute atomic E-state index is 0.263. The molecule has 3 heteroatoms. The number of allylic oxidation sites excluding steroid dienone is 2. The van der Waals surface area contributed by atoms with Gasteiger partial charge in [-0.25, -0.2) is 0 Å². The standard InChI is InChI=1S/C22H25IN2/c1-2-18(15-9-12-17-10-5-3-6-11-17)20-16-21(25-22(23)24-20)19-13-7-4-8-14-19/h2-11,13-15,20-22,24-25H,12,16H2,1H3/b15-9-,18-2+. The third-order valence-corrected chi connectivity index (χ3v) is 5.33. The monoisotopic (exact) mass is 444 g/mol. The average Bonchev–Trinajstić information content (AvgIpc) is 2.66. The molecular formula is C22H25IN2. The number of nitrogens with one attached hydrogen (secondary N) is 2. The molecule has 2 aromatic rings. The zero-order valence-electron chi connectivity index (χ0n) is 14.5. The highest BCUT2D eigenvalue weighted by molar-refractivity contribution is 14.1. The van der Waals surface area contributed by atoms with Gasteiger partial charge in [-0.1, -0.05) is 78.9 Å². The van der Waals surface area contributed by atoms with Crippen molar-refractivity contribution in [1.82, 2.24) is 10.6 Å². The summed E-state index contributed by atoms with van der Waals surface area (Å²) < 4.78 is 0.263. The molecule has 0 aromatic heterocycles. The topological polar surface area (TPSA) is 24.1 Å². The van der Waals surface area contributed by atoms with Crippen LogP contribution in [0.25, 0.3) is 0 Å². The Morgan fingerprint density at radius 3 is 2.40 bits per heavy atom. The van der Waals surface area contributed by atoms with Gasteiger partial charge in [-0.15, -0.1) is 0 Å². The van der Waals surface area contributed by atoms with Crippen LogP contribution in [-0.4, -0.2) is 10.2 Å². The lowest BCUT2D eigenvalue weighted by Crippen LogP contribution is -2.52. The van der Waals surface area contributed by atoms with E-state index in [-0.39, 0.29) is 4.17 Å². The number of hydrogen-bond donors (Lipinski definition) is 2. The lowest BCUT2D eigenvalue weighted by atomic mass is 9.92. The summed E-state index contributed by atoms with van der Waals surface area (Å²) in [6, 6.07) is 22.1. The van der Waals surface area contributed by atoms with Gasteiger partial charge in [0.25, 0.3) is 0 Å². The van der Waals surface area contributed by atoms with Gasteiger partial charge in [-0.2, -0.15) is 0 Å². The van der Waals surface area contributed by atoms with E-state index in [1.54, 1.807) is 0 Å². The highest BCUT2D eigenvalue weighted by Gasteiger charge is 2.28. The molecule has 0 aliphatic carbocycles. The molecule has 0 bridgehead atoms. The van der Waals surface area contributed by atoms with Crippen LogP contribution in [-0.2, 0) is 6.42 Å². The van der Waals surface area contributed by atoms with Crippen molar-refractivity contribution in [2.75, 3.05) is 0 Å². The van der Waals surface area contributed by atoms with Crippen LogP contribution in [0, 0.1) is 0 Å². The molecule has 1 aliphatic heterocycles. The molecule has 130 valence electrons. The zero-order valence-corrected chi connectivity index (χ0v) is 16.7. The highest BCUT2D eigenvalue weighted by Crippen LogP contribution is 2.27. The molecule has 2 aromatic carbocycles. The van der Waals surface area contributed by atoms with E-state index in [4.69, 9.17) is 0 Å². The maximum Gasteiger partial charge on any atom is 0.112 e. The van der Waals surface area contributed by atoms with Crippen LogP contribution in [0.2, 0.25) is 0 Å². The van der Waals surface area contributed by atoms with E-state index in [9.17, 15) is 0 Å². The van der Waals surface area contributed by atoms with Crippen molar-refractivity contribution in [3.8, 4) is 0 Å². The summed E-state index contributed by atoms with van der Waals surface area (Å²) in [6.07, 6.45) is 8.81. The Bertz CT molecular complexity index is 709. The molecule has 2 nitrogen and oxygen atoms in total. The van der Waals surface area contributed by atoms with E-state index in [0.717, 1.165) is 12.8 Å². The number of hydrogen-bond acceptors (Lipinski definition) is 2. The summed E-state index contributed by atoms with van der Waals surface area (Å²) in [6.45, 7) is 2.13. The van der Waals surface area contributed by atoms with Gasteiger partial charge in [0.15, 0.2) is 0 Å². The van der Waals surface area contributed by atoms with Crippen LogP contribution in [0.15, 0.2) is 84.5 Å². The van der Waals surface area contributed by atoms with Crippen molar-refractivity contribution in [1.29, 1.82) is 0 Å². The maximum atomic E-state index is 3.67. The van der Waals surface area contributed by atoms with E-state index < -0.39 is 0 Å². The Morgan fingerprint density at radius 1 is 1.04 bits per heavy atom. The third kappa shape index (κ3) is 5.27. The minimum Gasteiger partial charge on any atom is -0.287 e. The molecule has 1 aliphatic rings. The second-order valence-corrected chi connectivity index (χ2v) is 7.57. The number of halogens is 1. The predicted octanol–water partition coefficient (Wildman–Crippen LogP) is 5.14. The van der Waals surface area contributed by atoms with Gasteiger partial charge in [0.1, 0.15) is 4.17 Å². The second-order valence-electron chi connectivity index (χ2n) is 6.33. The Labute approximate surface area is 164 Å². The molecule has 0 amide bonds. The van der Waals surface area contributed by atoms with E-state index >= 15 is 0 Å². The van der Waals surface area contributed by atoms with Gasteiger partial charge in [-0.3, -0.25) is 10.6 Å². The van der Waals surface area contributed by atoms with Crippen molar-refractivity contribution in [3.05, 3.63) is 95.6 Å². The molecule has 0 saturated carbocycles. The Morgan fingerprint density at radius 2 is 1.72 bits per heavy atom. The number of alkyl halides is 1. The largest absolute Gasteiger partial charge is 0.287 e. The van der Waals surface area contributed by atoms with Crippen LogP contribution in [0.3, 0.4) is 0 Å². The van der Waals surface area contributed by atoms with E-state index in [1.807, 2.05) is 0 Å². The predicted molar refractivity (Wildman–Crippen MR) is 115 cm³/mol. The summed E-state index contributed by atoms with van der Waals surface area (Å²) >= 11 is 2.44. The molecular weight excluding hydrogens is 419 g/mol. The summed E-state index contributed by atoms with van der Waals surface area (Å²) in [4.78, 5) is 0. The van der Waals surface area contributed by atoms with Crippen molar-refractivity contribution < 1.29 is 0 Å². The third-order valence-electron chi connectivity index (χ3n) is 4.61. The molecule has 0 spiro atoms. The normalized spacial score (nSPS) is 24.6. The van der Waals surface area contributed by atoms with Crippen molar-refractivity contribution >= 4 is 22.6 Å². The first-order valence-electron chi connectivity index (χ1n) is 8.84. The Kier molecular flexibility index (Phi) is 6.84. The first-order chi connectivity index (χ1) is 12.3. The maximum absolute atomic E-state index is 3.67. The highest BCUT2D eigenvalue weighted by atomic mass is 127. The summed E-state index contributed by atoms with van der Waals surface area (Å²) in [5, 5.41) is 7.32. The fourth-order valence-corrected chi connectivity index (χ4v) is 4.15. The van der Waals surface area contributed by atoms with Gasteiger partial charge in [0, 0.05) is 12.1 Å². The lowest BCUT2D eigenvalue weighted by Gasteiger charge is -2.36. The van der Waals surface area contributed by atoms with Crippen molar-refractivity contribution in [2.45, 2.75) is 36.0 Å². The van der Waals surface area contributed by atoms with Crippen LogP contribution in [0.4, 0.5) is 0 Å². The quantitative estimate of drug-likeness (QED) is 0.289.